The minimum absolute atomic E-state index is 0.536. The van der Waals surface area contributed by atoms with E-state index in [4.69, 9.17) is 5.73 Å². The molecule has 0 aliphatic carbocycles. The summed E-state index contributed by atoms with van der Waals surface area (Å²) in [6.45, 7) is 0. The fourth-order valence-electron chi connectivity index (χ4n) is 1.38. The number of carbonyl (C=O) groups excluding carboxylic acids is 1. The maximum absolute atomic E-state index is 10.6. The highest BCUT2D eigenvalue weighted by Gasteiger charge is 1.99. The summed E-state index contributed by atoms with van der Waals surface area (Å²) >= 11 is 0. The van der Waals surface area contributed by atoms with Crippen molar-refractivity contribution in [3.05, 3.63) is 42.0 Å². The van der Waals surface area contributed by atoms with Crippen molar-refractivity contribution in [1.82, 2.24) is 0 Å². The zero-order chi connectivity index (χ0) is 9.26. The summed E-state index contributed by atoms with van der Waals surface area (Å²) in [6.07, 6.45) is 0.780. The number of carbonyl (C=O) groups is 1. The van der Waals surface area contributed by atoms with E-state index in [-0.39, 0.29) is 0 Å². The van der Waals surface area contributed by atoms with Crippen LogP contribution in [-0.4, -0.2) is 6.29 Å². The summed E-state index contributed by atoms with van der Waals surface area (Å²) in [7, 11) is 0. The van der Waals surface area contributed by atoms with Crippen molar-refractivity contribution in [2.45, 2.75) is 0 Å². The van der Waals surface area contributed by atoms with E-state index >= 15 is 0 Å². The summed E-state index contributed by atoms with van der Waals surface area (Å²) in [6, 6.07) is 11.4. The Morgan fingerprint density at radius 3 is 2.31 bits per heavy atom. The molecule has 2 heteroatoms. The lowest BCUT2D eigenvalue weighted by Gasteiger charge is -2.01. The molecule has 0 aliphatic heterocycles. The predicted molar refractivity (Wildman–Crippen MR) is 53.7 cm³/mol. The highest BCUT2D eigenvalue weighted by Crippen LogP contribution is 2.20. The van der Waals surface area contributed by atoms with Crippen molar-refractivity contribution < 1.29 is 4.79 Å². The molecule has 2 aromatic carbocycles. The third-order valence-corrected chi connectivity index (χ3v) is 2.08. The lowest BCUT2D eigenvalue weighted by molar-refractivity contribution is 0.112. The van der Waals surface area contributed by atoms with Crippen molar-refractivity contribution in [2.24, 2.45) is 0 Å². The van der Waals surface area contributed by atoms with Gasteiger partial charge in [-0.2, -0.15) is 0 Å². The molecule has 2 rings (SSSR count). The van der Waals surface area contributed by atoms with E-state index in [0.29, 0.717) is 11.3 Å². The Balaban J connectivity index is 2.81. The number of rotatable bonds is 1. The monoisotopic (exact) mass is 171 g/mol. The Kier molecular flexibility index (Phi) is 1.74. The van der Waals surface area contributed by atoms with Gasteiger partial charge in [-0.3, -0.25) is 4.79 Å². The molecule has 0 saturated carbocycles. The molecule has 0 unspecified atom stereocenters. The molecule has 0 spiro atoms. The Bertz CT molecular complexity index is 463. The second-order valence-corrected chi connectivity index (χ2v) is 2.95. The Morgan fingerprint density at radius 2 is 1.69 bits per heavy atom. The van der Waals surface area contributed by atoms with Gasteiger partial charge in [-0.1, -0.05) is 24.3 Å². The number of hydrogen-bond donors (Lipinski definition) is 1. The van der Waals surface area contributed by atoms with E-state index in [2.05, 4.69) is 0 Å². The highest BCUT2D eigenvalue weighted by atomic mass is 16.1. The van der Waals surface area contributed by atoms with Crippen LogP contribution in [0.3, 0.4) is 0 Å². The minimum Gasteiger partial charge on any atom is -0.398 e. The standard InChI is InChI=1S/C11H9NO/c12-11-6-9-4-2-1-3-8(9)5-10(11)7-13/h1-7H,12H2. The highest BCUT2D eigenvalue weighted by molar-refractivity contribution is 5.94. The number of anilines is 1. The minimum atomic E-state index is 0.536. The van der Waals surface area contributed by atoms with Crippen LogP contribution in [-0.2, 0) is 0 Å². The molecule has 0 amide bonds. The van der Waals surface area contributed by atoms with Gasteiger partial charge < -0.3 is 5.73 Å². The van der Waals surface area contributed by atoms with Gasteiger partial charge in [0, 0.05) is 11.3 Å². The molecule has 13 heavy (non-hydrogen) atoms. The number of benzene rings is 2. The number of nitrogens with two attached hydrogens (primary N) is 1. The average Bonchev–Trinajstić information content (AvgIpc) is 2.17. The summed E-state index contributed by atoms with van der Waals surface area (Å²) in [4.78, 5) is 10.6. The van der Waals surface area contributed by atoms with Crippen LogP contribution in [0.15, 0.2) is 36.4 Å². The van der Waals surface area contributed by atoms with Crippen LogP contribution >= 0.6 is 0 Å². The van der Waals surface area contributed by atoms with Gasteiger partial charge in [-0.05, 0) is 22.9 Å². The number of nitrogen functional groups attached to an aromatic ring is 1. The van der Waals surface area contributed by atoms with E-state index in [9.17, 15) is 4.79 Å². The van der Waals surface area contributed by atoms with Crippen molar-refractivity contribution >= 4 is 22.7 Å². The molecule has 0 aromatic heterocycles. The lowest BCUT2D eigenvalue weighted by atomic mass is 10.1. The summed E-state index contributed by atoms with van der Waals surface area (Å²) in [5.41, 5.74) is 6.76. The first kappa shape index (κ1) is 7.80. The first-order valence-corrected chi connectivity index (χ1v) is 4.05. The SMILES string of the molecule is Nc1cc2ccccc2cc1C=O. The van der Waals surface area contributed by atoms with Crippen molar-refractivity contribution in [3.63, 3.8) is 0 Å². The van der Waals surface area contributed by atoms with Gasteiger partial charge in [-0.15, -0.1) is 0 Å². The van der Waals surface area contributed by atoms with E-state index < -0.39 is 0 Å². The van der Waals surface area contributed by atoms with Crippen LogP contribution in [0.1, 0.15) is 10.4 Å². The van der Waals surface area contributed by atoms with Gasteiger partial charge in [0.25, 0.3) is 0 Å². The van der Waals surface area contributed by atoms with Crippen LogP contribution in [0.5, 0.6) is 0 Å². The van der Waals surface area contributed by atoms with Crippen LogP contribution in [0.4, 0.5) is 5.69 Å². The largest absolute Gasteiger partial charge is 0.398 e. The van der Waals surface area contributed by atoms with E-state index in [1.54, 1.807) is 6.07 Å². The van der Waals surface area contributed by atoms with Crippen LogP contribution in [0.2, 0.25) is 0 Å². The third kappa shape index (κ3) is 1.26. The molecular weight excluding hydrogens is 162 g/mol. The topological polar surface area (TPSA) is 43.1 Å². The van der Waals surface area contributed by atoms with E-state index in [1.165, 1.54) is 0 Å². The van der Waals surface area contributed by atoms with Gasteiger partial charge in [0.2, 0.25) is 0 Å². The molecule has 2 N–H and O–H groups in total. The Morgan fingerprint density at radius 1 is 1.08 bits per heavy atom. The first-order valence-electron chi connectivity index (χ1n) is 4.05. The van der Waals surface area contributed by atoms with Crippen molar-refractivity contribution in [2.75, 3.05) is 5.73 Å². The van der Waals surface area contributed by atoms with Crippen molar-refractivity contribution in [1.29, 1.82) is 0 Å². The Labute approximate surface area is 76.0 Å². The molecule has 0 heterocycles. The molecule has 0 aliphatic rings. The summed E-state index contributed by atoms with van der Waals surface area (Å²) < 4.78 is 0. The third-order valence-electron chi connectivity index (χ3n) is 2.08. The van der Waals surface area contributed by atoms with Crippen LogP contribution in [0, 0.1) is 0 Å². The predicted octanol–water partition coefficient (Wildman–Crippen LogP) is 2.23. The average molecular weight is 171 g/mol. The van der Waals surface area contributed by atoms with E-state index in [1.807, 2.05) is 30.3 Å². The molecule has 64 valence electrons. The maximum atomic E-state index is 10.6. The molecule has 0 fully saturated rings. The maximum Gasteiger partial charge on any atom is 0.152 e. The number of hydrogen-bond acceptors (Lipinski definition) is 2. The van der Waals surface area contributed by atoms with Crippen LogP contribution in [0.25, 0.3) is 10.8 Å². The molecule has 2 aromatic rings. The second kappa shape index (κ2) is 2.90. The smallest absolute Gasteiger partial charge is 0.152 e. The zero-order valence-electron chi connectivity index (χ0n) is 7.03. The molecule has 0 atom stereocenters. The number of aldehydes is 1. The molecular formula is C11H9NO. The van der Waals surface area contributed by atoms with Crippen molar-refractivity contribution in [3.8, 4) is 0 Å². The summed E-state index contributed by atoms with van der Waals surface area (Å²) in [5.74, 6) is 0. The quantitative estimate of drug-likeness (QED) is 0.528. The van der Waals surface area contributed by atoms with Gasteiger partial charge in [-0.25, -0.2) is 0 Å². The second-order valence-electron chi connectivity index (χ2n) is 2.95. The van der Waals surface area contributed by atoms with Gasteiger partial charge in [0.1, 0.15) is 0 Å². The van der Waals surface area contributed by atoms with E-state index in [0.717, 1.165) is 17.1 Å². The molecule has 0 radical (unpaired) electrons. The normalized spacial score (nSPS) is 10.2. The molecule has 0 bridgehead atoms. The molecule has 0 saturated heterocycles. The Hall–Kier alpha value is -1.83. The lowest BCUT2D eigenvalue weighted by Crippen LogP contribution is -1.92. The van der Waals surface area contributed by atoms with Gasteiger partial charge >= 0.3 is 0 Å². The fourth-order valence-corrected chi connectivity index (χ4v) is 1.38. The first-order chi connectivity index (χ1) is 6.31. The summed E-state index contributed by atoms with van der Waals surface area (Å²) in [5, 5.41) is 2.10. The number of fused-ring (bicyclic) bond motifs is 1. The van der Waals surface area contributed by atoms with Gasteiger partial charge in [0.15, 0.2) is 6.29 Å². The van der Waals surface area contributed by atoms with Gasteiger partial charge in [0.05, 0.1) is 0 Å². The fraction of sp³-hybridized carbons (Fsp3) is 0. The zero-order valence-corrected chi connectivity index (χ0v) is 7.03. The molecule has 2 nitrogen and oxygen atoms in total. The van der Waals surface area contributed by atoms with Crippen LogP contribution < -0.4 is 5.73 Å².